The van der Waals surface area contributed by atoms with Crippen molar-refractivity contribution in [1.29, 1.82) is 0 Å². The van der Waals surface area contributed by atoms with Gasteiger partial charge in [-0.05, 0) is 31.1 Å². The first-order valence-electron chi connectivity index (χ1n) is 5.53. The number of thiol groups is 1. The molecule has 0 amide bonds. The summed E-state index contributed by atoms with van der Waals surface area (Å²) < 4.78 is 3.14. The molecule has 86 valence electrons. The summed E-state index contributed by atoms with van der Waals surface area (Å²) in [5.74, 6) is 0. The first-order chi connectivity index (χ1) is 6.12. The van der Waals surface area contributed by atoms with Gasteiger partial charge in [0.2, 0.25) is 0 Å². The molecule has 0 aliphatic rings. The lowest BCUT2D eigenvalue weighted by Crippen LogP contribution is -2.54. The van der Waals surface area contributed by atoms with Crippen LogP contribution in [0.4, 0.5) is 0 Å². The van der Waals surface area contributed by atoms with Gasteiger partial charge in [-0.15, -0.1) is 0 Å². The van der Waals surface area contributed by atoms with E-state index < -0.39 is 0 Å². The Hall–Kier alpha value is 0.310. The molecule has 0 heterocycles. The van der Waals surface area contributed by atoms with Crippen LogP contribution in [-0.2, 0) is 0 Å². The maximum absolute atomic E-state index is 4.24. The van der Waals surface area contributed by atoms with Crippen LogP contribution in [0.15, 0.2) is 0 Å². The highest BCUT2D eigenvalue weighted by molar-refractivity contribution is 7.78. The van der Waals surface area contributed by atoms with Crippen molar-refractivity contribution in [2.75, 3.05) is 0 Å². The zero-order chi connectivity index (χ0) is 11.6. The molecule has 0 aliphatic heterocycles. The maximum Gasteiger partial charge on any atom is 0.0280 e. The van der Waals surface area contributed by atoms with Gasteiger partial charge in [-0.3, -0.25) is 4.72 Å². The predicted octanol–water partition coefficient (Wildman–Crippen LogP) is 4.05. The Morgan fingerprint density at radius 2 is 1.43 bits per heavy atom. The van der Waals surface area contributed by atoms with Gasteiger partial charge in [0.25, 0.3) is 0 Å². The Morgan fingerprint density at radius 3 is 1.71 bits per heavy atom. The van der Waals surface area contributed by atoms with Crippen LogP contribution in [-0.4, -0.2) is 5.54 Å². The molecule has 1 nitrogen and oxygen atoms in total. The zero-order valence-corrected chi connectivity index (χ0v) is 11.8. The molecular formula is C12H27NS. The number of hydrogen-bond acceptors (Lipinski definition) is 2. The summed E-state index contributed by atoms with van der Waals surface area (Å²) >= 11 is 4.24. The summed E-state index contributed by atoms with van der Waals surface area (Å²) in [5.41, 5.74) is 0.563. The maximum atomic E-state index is 4.24. The Kier molecular flexibility index (Phi) is 4.54. The molecular weight excluding hydrogens is 190 g/mol. The van der Waals surface area contributed by atoms with Crippen LogP contribution in [0.25, 0.3) is 0 Å². The average Bonchev–Trinajstić information content (AvgIpc) is 2.03. The molecule has 14 heavy (non-hydrogen) atoms. The van der Waals surface area contributed by atoms with Crippen LogP contribution in [0, 0.1) is 10.8 Å². The molecule has 0 atom stereocenters. The van der Waals surface area contributed by atoms with Gasteiger partial charge in [0.05, 0.1) is 0 Å². The molecule has 0 aliphatic carbocycles. The fourth-order valence-corrected chi connectivity index (χ4v) is 2.20. The van der Waals surface area contributed by atoms with Crippen LogP contribution in [0.1, 0.15) is 61.3 Å². The van der Waals surface area contributed by atoms with E-state index in [1.807, 2.05) is 0 Å². The number of hydrogen-bond donors (Lipinski definition) is 2. The van der Waals surface area contributed by atoms with Crippen molar-refractivity contribution in [3.63, 3.8) is 0 Å². The minimum Gasteiger partial charge on any atom is -0.261 e. The Bertz CT molecular complexity index is 183. The van der Waals surface area contributed by atoms with Gasteiger partial charge in [-0.2, -0.15) is 0 Å². The Labute approximate surface area is 95.6 Å². The van der Waals surface area contributed by atoms with Crippen LogP contribution in [0.5, 0.6) is 0 Å². The van der Waals surface area contributed by atoms with Crippen molar-refractivity contribution < 1.29 is 0 Å². The smallest absolute Gasteiger partial charge is 0.0280 e. The van der Waals surface area contributed by atoms with E-state index in [0.717, 1.165) is 0 Å². The Morgan fingerprint density at radius 1 is 1.00 bits per heavy atom. The van der Waals surface area contributed by atoms with Crippen molar-refractivity contribution in [2.45, 2.75) is 66.8 Å². The molecule has 0 unspecified atom stereocenters. The first-order valence-corrected chi connectivity index (χ1v) is 5.98. The second-order valence-electron chi connectivity index (χ2n) is 6.00. The number of nitrogens with one attached hydrogen (secondary N) is 1. The summed E-state index contributed by atoms with van der Waals surface area (Å²) in [7, 11) is 0. The third kappa shape index (κ3) is 2.46. The molecule has 0 saturated carbocycles. The summed E-state index contributed by atoms with van der Waals surface area (Å²) in [6, 6.07) is 0. The molecule has 0 saturated heterocycles. The van der Waals surface area contributed by atoms with E-state index in [4.69, 9.17) is 0 Å². The third-order valence-corrected chi connectivity index (χ3v) is 4.97. The van der Waals surface area contributed by atoms with E-state index >= 15 is 0 Å². The second kappa shape index (κ2) is 4.44. The van der Waals surface area contributed by atoms with Gasteiger partial charge in [-0.1, -0.05) is 53.9 Å². The molecule has 1 N–H and O–H groups in total. The molecule has 0 aromatic rings. The lowest BCUT2D eigenvalue weighted by molar-refractivity contribution is 0.0204. The van der Waals surface area contributed by atoms with Crippen molar-refractivity contribution in [3.05, 3.63) is 0 Å². The molecule has 0 aromatic carbocycles. The first kappa shape index (κ1) is 14.3. The standard InChI is InChI=1S/C12H27NS/c1-8-9-10(2,3)11(4,5)12(6,7)13-14/h13-14H,8-9H2,1-7H3. The normalized spacial score (nSPS) is 14.6. The van der Waals surface area contributed by atoms with Gasteiger partial charge in [0.1, 0.15) is 0 Å². The van der Waals surface area contributed by atoms with Crippen LogP contribution >= 0.6 is 12.8 Å². The molecule has 0 aromatic heterocycles. The van der Waals surface area contributed by atoms with E-state index in [1.165, 1.54) is 12.8 Å². The Balaban J connectivity index is 4.92. The summed E-state index contributed by atoms with van der Waals surface area (Å²) in [6.45, 7) is 16.0. The fraction of sp³-hybridized carbons (Fsp3) is 1.00. The monoisotopic (exact) mass is 217 g/mol. The van der Waals surface area contributed by atoms with Crippen molar-refractivity contribution in [1.82, 2.24) is 4.72 Å². The van der Waals surface area contributed by atoms with Crippen molar-refractivity contribution in [3.8, 4) is 0 Å². The number of rotatable bonds is 5. The van der Waals surface area contributed by atoms with Crippen LogP contribution in [0.3, 0.4) is 0 Å². The minimum atomic E-state index is 0.0365. The van der Waals surface area contributed by atoms with Crippen molar-refractivity contribution in [2.24, 2.45) is 10.8 Å². The molecule has 0 radical (unpaired) electrons. The van der Waals surface area contributed by atoms with E-state index in [1.54, 1.807) is 0 Å². The highest BCUT2D eigenvalue weighted by atomic mass is 32.1. The minimum absolute atomic E-state index is 0.0365. The SMILES string of the molecule is CCCC(C)(C)C(C)(C)C(C)(C)NS. The topological polar surface area (TPSA) is 12.0 Å². The molecule has 2 heteroatoms. The molecule has 0 spiro atoms. The summed E-state index contributed by atoms with van der Waals surface area (Å²) in [6.07, 6.45) is 2.48. The van der Waals surface area contributed by atoms with Gasteiger partial charge in [0, 0.05) is 5.54 Å². The fourth-order valence-electron chi connectivity index (χ4n) is 1.92. The van der Waals surface area contributed by atoms with Crippen LogP contribution in [0.2, 0.25) is 0 Å². The molecule has 0 rings (SSSR count). The van der Waals surface area contributed by atoms with E-state index in [-0.39, 0.29) is 11.0 Å². The van der Waals surface area contributed by atoms with E-state index in [0.29, 0.717) is 5.41 Å². The quantitative estimate of drug-likeness (QED) is 0.662. The van der Waals surface area contributed by atoms with Gasteiger partial charge in [-0.25, -0.2) is 0 Å². The highest BCUT2D eigenvalue weighted by Gasteiger charge is 2.46. The van der Waals surface area contributed by atoms with E-state index in [2.05, 4.69) is 66.0 Å². The molecule has 0 bridgehead atoms. The summed E-state index contributed by atoms with van der Waals surface area (Å²) in [4.78, 5) is 0. The van der Waals surface area contributed by atoms with Gasteiger partial charge < -0.3 is 0 Å². The lowest BCUT2D eigenvalue weighted by atomic mass is 9.57. The summed E-state index contributed by atoms with van der Waals surface area (Å²) in [5, 5.41) is 0. The van der Waals surface area contributed by atoms with Gasteiger partial charge in [0.15, 0.2) is 0 Å². The lowest BCUT2D eigenvalue weighted by Gasteiger charge is -2.52. The average molecular weight is 217 g/mol. The zero-order valence-electron chi connectivity index (χ0n) is 10.9. The molecule has 0 fully saturated rings. The van der Waals surface area contributed by atoms with Gasteiger partial charge >= 0.3 is 0 Å². The van der Waals surface area contributed by atoms with Crippen molar-refractivity contribution >= 4 is 12.8 Å². The second-order valence-corrected chi connectivity index (χ2v) is 6.22. The highest BCUT2D eigenvalue weighted by Crippen LogP contribution is 2.49. The third-order valence-electron chi connectivity index (χ3n) is 4.41. The predicted molar refractivity (Wildman–Crippen MR) is 68.7 cm³/mol. The largest absolute Gasteiger partial charge is 0.261 e. The van der Waals surface area contributed by atoms with Crippen LogP contribution < -0.4 is 4.72 Å². The van der Waals surface area contributed by atoms with E-state index in [9.17, 15) is 0 Å².